The predicted molar refractivity (Wildman–Crippen MR) is 78.4 cm³/mol. The minimum atomic E-state index is -4.13. The Labute approximate surface area is 125 Å². The molecule has 0 aromatic heterocycles. The summed E-state index contributed by atoms with van der Waals surface area (Å²) >= 11 is 0. The molecule has 0 bridgehead atoms. The van der Waals surface area contributed by atoms with Crippen molar-refractivity contribution < 1.29 is 21.8 Å². The van der Waals surface area contributed by atoms with Crippen LogP contribution in [0.4, 0.5) is 4.39 Å². The number of halogens is 1. The molecule has 0 radical (unpaired) electrons. The molecular formula is C12H17FN2O4S2. The second kappa shape index (κ2) is 6.63. The van der Waals surface area contributed by atoms with Gasteiger partial charge in [-0.2, -0.15) is 0 Å². The monoisotopic (exact) mass is 336 g/mol. The highest BCUT2D eigenvalue weighted by Gasteiger charge is 2.19. The summed E-state index contributed by atoms with van der Waals surface area (Å²) in [6.07, 6.45) is 1.50. The second-order valence-corrected chi connectivity index (χ2v) is 7.98. The zero-order valence-corrected chi connectivity index (χ0v) is 13.5. The number of amides is 1. The summed E-state index contributed by atoms with van der Waals surface area (Å²) in [4.78, 5) is 11.5. The van der Waals surface area contributed by atoms with Gasteiger partial charge in [-0.3, -0.25) is 9.00 Å². The first kappa shape index (κ1) is 17.7. The number of primary sulfonamides is 1. The van der Waals surface area contributed by atoms with E-state index in [9.17, 15) is 21.8 Å². The number of sulfonamides is 1. The lowest BCUT2D eigenvalue weighted by Gasteiger charge is -2.12. The molecule has 3 N–H and O–H groups in total. The third-order valence-electron chi connectivity index (χ3n) is 2.98. The van der Waals surface area contributed by atoms with Crippen LogP contribution < -0.4 is 10.5 Å². The summed E-state index contributed by atoms with van der Waals surface area (Å²) in [6.45, 7) is 3.07. The minimum absolute atomic E-state index is 0.127. The van der Waals surface area contributed by atoms with Crippen molar-refractivity contribution in [2.24, 2.45) is 5.14 Å². The minimum Gasteiger partial charge on any atom is -0.351 e. The molecule has 0 aliphatic carbocycles. The highest BCUT2D eigenvalue weighted by Crippen LogP contribution is 2.19. The van der Waals surface area contributed by atoms with E-state index in [1.54, 1.807) is 6.92 Å². The molecule has 6 nitrogen and oxygen atoms in total. The SMILES string of the molecule is Cc1c(F)cc(C(=O)NCC(C)S(C)=O)cc1S(N)(=O)=O. The van der Waals surface area contributed by atoms with E-state index < -0.39 is 37.4 Å². The Kier molecular flexibility index (Phi) is 5.60. The molecule has 0 fully saturated rings. The molecule has 0 saturated heterocycles. The van der Waals surface area contributed by atoms with Gasteiger partial charge in [0, 0.05) is 40.0 Å². The molecule has 9 heteroatoms. The van der Waals surface area contributed by atoms with Crippen LogP contribution >= 0.6 is 0 Å². The molecule has 2 atom stereocenters. The maximum absolute atomic E-state index is 13.7. The summed E-state index contributed by atoms with van der Waals surface area (Å²) in [5.41, 5.74) is -0.298. The van der Waals surface area contributed by atoms with Crippen LogP contribution in [-0.2, 0) is 20.8 Å². The second-order valence-electron chi connectivity index (χ2n) is 4.65. The van der Waals surface area contributed by atoms with Crippen molar-refractivity contribution in [1.29, 1.82) is 0 Å². The maximum Gasteiger partial charge on any atom is 0.251 e. The van der Waals surface area contributed by atoms with Crippen LogP contribution in [-0.4, -0.2) is 36.6 Å². The summed E-state index contributed by atoms with van der Waals surface area (Å²) in [7, 11) is -5.24. The van der Waals surface area contributed by atoms with Gasteiger partial charge in [-0.25, -0.2) is 17.9 Å². The van der Waals surface area contributed by atoms with Crippen LogP contribution in [0.15, 0.2) is 17.0 Å². The summed E-state index contributed by atoms with van der Waals surface area (Å²) in [6, 6.07) is 1.96. The lowest BCUT2D eigenvalue weighted by Crippen LogP contribution is -2.32. The highest BCUT2D eigenvalue weighted by atomic mass is 32.2. The fraction of sp³-hybridized carbons (Fsp3) is 0.417. The van der Waals surface area contributed by atoms with E-state index >= 15 is 0 Å². The van der Waals surface area contributed by atoms with Crippen LogP contribution in [0, 0.1) is 12.7 Å². The van der Waals surface area contributed by atoms with Crippen molar-refractivity contribution in [3.8, 4) is 0 Å². The van der Waals surface area contributed by atoms with E-state index in [0.29, 0.717) is 0 Å². The molecule has 1 amide bonds. The topological polar surface area (TPSA) is 106 Å². The number of nitrogens with two attached hydrogens (primary N) is 1. The molecule has 0 heterocycles. The molecular weight excluding hydrogens is 319 g/mol. The molecule has 21 heavy (non-hydrogen) atoms. The molecule has 1 aromatic carbocycles. The van der Waals surface area contributed by atoms with Crippen molar-refractivity contribution in [3.63, 3.8) is 0 Å². The molecule has 1 rings (SSSR count). The standard InChI is InChI=1S/C12H17FN2O4S2/c1-7(20(3)17)6-15-12(16)9-4-10(13)8(2)11(5-9)21(14,18)19/h4-5,7H,6H2,1-3H3,(H,15,16)(H2,14,18,19). The third-order valence-corrected chi connectivity index (χ3v) is 5.32. The Morgan fingerprint density at radius 2 is 2.05 bits per heavy atom. The molecule has 1 aromatic rings. The summed E-state index contributed by atoms with van der Waals surface area (Å²) in [5.74, 6) is -1.49. The van der Waals surface area contributed by atoms with Crippen LogP contribution in [0.5, 0.6) is 0 Å². The molecule has 118 valence electrons. The third kappa shape index (κ3) is 4.58. The van der Waals surface area contributed by atoms with Crippen molar-refractivity contribution in [2.45, 2.75) is 24.0 Å². The van der Waals surface area contributed by atoms with Gasteiger partial charge in [0.05, 0.1) is 4.90 Å². The van der Waals surface area contributed by atoms with Gasteiger partial charge in [0.15, 0.2) is 0 Å². The van der Waals surface area contributed by atoms with Crippen molar-refractivity contribution in [2.75, 3.05) is 12.8 Å². The molecule has 0 aliphatic rings. The quantitative estimate of drug-likeness (QED) is 0.805. The number of carbonyl (C=O) groups is 1. The first-order valence-electron chi connectivity index (χ1n) is 5.97. The summed E-state index contributed by atoms with van der Waals surface area (Å²) in [5, 5.41) is 7.19. The molecule has 0 saturated carbocycles. The van der Waals surface area contributed by atoms with E-state index in [1.807, 2.05) is 0 Å². The number of rotatable bonds is 5. The fourth-order valence-electron chi connectivity index (χ4n) is 1.54. The Balaban J connectivity index is 3.07. The predicted octanol–water partition coefficient (Wildman–Crippen LogP) is 0.278. The number of hydrogen-bond acceptors (Lipinski definition) is 4. The zero-order chi connectivity index (χ0) is 16.4. The Morgan fingerprint density at radius 3 is 2.52 bits per heavy atom. The molecule has 2 unspecified atom stereocenters. The van der Waals surface area contributed by atoms with Gasteiger partial charge in [0.1, 0.15) is 5.82 Å². The van der Waals surface area contributed by atoms with E-state index in [0.717, 1.165) is 12.1 Å². The van der Waals surface area contributed by atoms with Gasteiger partial charge in [0.25, 0.3) is 5.91 Å². The average Bonchev–Trinajstić information content (AvgIpc) is 2.36. The number of carbonyl (C=O) groups excluding carboxylic acids is 1. The summed E-state index contributed by atoms with van der Waals surface area (Å²) < 4.78 is 47.6. The molecule has 0 aliphatic heterocycles. The van der Waals surface area contributed by atoms with Gasteiger partial charge in [0.2, 0.25) is 10.0 Å². The van der Waals surface area contributed by atoms with Crippen LogP contribution in [0.25, 0.3) is 0 Å². The van der Waals surface area contributed by atoms with E-state index in [-0.39, 0.29) is 22.9 Å². The van der Waals surface area contributed by atoms with Gasteiger partial charge in [-0.15, -0.1) is 0 Å². The van der Waals surface area contributed by atoms with Crippen LogP contribution in [0.2, 0.25) is 0 Å². The van der Waals surface area contributed by atoms with Gasteiger partial charge < -0.3 is 5.32 Å². The van der Waals surface area contributed by atoms with Crippen molar-refractivity contribution >= 4 is 26.7 Å². The Morgan fingerprint density at radius 1 is 1.48 bits per heavy atom. The first-order valence-corrected chi connectivity index (χ1v) is 9.14. The Bertz CT molecular complexity index is 689. The van der Waals surface area contributed by atoms with Crippen LogP contribution in [0.3, 0.4) is 0 Å². The molecule has 0 spiro atoms. The fourth-order valence-corrected chi connectivity index (χ4v) is 2.67. The number of nitrogens with one attached hydrogen (secondary N) is 1. The normalized spacial score (nSPS) is 14.5. The lowest BCUT2D eigenvalue weighted by molar-refractivity contribution is 0.0953. The number of hydrogen-bond donors (Lipinski definition) is 2. The van der Waals surface area contributed by atoms with Gasteiger partial charge >= 0.3 is 0 Å². The maximum atomic E-state index is 13.7. The largest absolute Gasteiger partial charge is 0.351 e. The smallest absolute Gasteiger partial charge is 0.251 e. The van der Waals surface area contributed by atoms with Crippen molar-refractivity contribution in [3.05, 3.63) is 29.1 Å². The first-order chi connectivity index (χ1) is 9.54. The van der Waals surface area contributed by atoms with Gasteiger partial charge in [-0.05, 0) is 26.0 Å². The van der Waals surface area contributed by atoms with Crippen LogP contribution in [0.1, 0.15) is 22.8 Å². The van der Waals surface area contributed by atoms with E-state index in [2.05, 4.69) is 5.32 Å². The average molecular weight is 336 g/mol. The van der Waals surface area contributed by atoms with E-state index in [1.165, 1.54) is 13.2 Å². The zero-order valence-electron chi connectivity index (χ0n) is 11.8. The Hall–Kier alpha value is -1.32. The highest BCUT2D eigenvalue weighted by molar-refractivity contribution is 7.89. The van der Waals surface area contributed by atoms with E-state index in [4.69, 9.17) is 5.14 Å². The lowest BCUT2D eigenvalue weighted by atomic mass is 10.1. The van der Waals surface area contributed by atoms with Crippen molar-refractivity contribution in [1.82, 2.24) is 5.32 Å². The van der Waals surface area contributed by atoms with Gasteiger partial charge in [-0.1, -0.05) is 0 Å². The number of benzene rings is 1.